The van der Waals surface area contributed by atoms with E-state index in [1.54, 1.807) is 0 Å². The van der Waals surface area contributed by atoms with Gasteiger partial charge in [-0.15, -0.1) is 0 Å². The summed E-state index contributed by atoms with van der Waals surface area (Å²) in [6.07, 6.45) is -6.10. The molecule has 0 aliphatic rings. The first-order chi connectivity index (χ1) is 9.50. The number of rotatable bonds is 6. The molecule has 0 saturated heterocycles. The van der Waals surface area contributed by atoms with Crippen molar-refractivity contribution in [2.24, 2.45) is 5.73 Å². The Hall–Kier alpha value is -1.06. The molecule has 0 amide bonds. The van der Waals surface area contributed by atoms with Crippen molar-refractivity contribution >= 4 is 44.5 Å². The molecule has 21 heavy (non-hydrogen) atoms. The van der Waals surface area contributed by atoms with Crippen molar-refractivity contribution in [3.63, 3.8) is 0 Å². The molecule has 0 aliphatic heterocycles. The van der Waals surface area contributed by atoms with E-state index in [4.69, 9.17) is 29.6 Å². The van der Waals surface area contributed by atoms with Crippen LogP contribution in [0.4, 0.5) is 18.9 Å². The summed E-state index contributed by atoms with van der Waals surface area (Å²) in [6.45, 7) is 0. The molecule has 0 unspecified atom stereocenters. The van der Waals surface area contributed by atoms with Crippen LogP contribution in [0.1, 0.15) is 18.4 Å². The van der Waals surface area contributed by atoms with E-state index in [-0.39, 0.29) is 15.7 Å². The number of hydrogen-bond acceptors (Lipinski definition) is 3. The minimum absolute atomic E-state index is 0.0222. The van der Waals surface area contributed by atoms with E-state index in [9.17, 15) is 21.6 Å². The van der Waals surface area contributed by atoms with Crippen LogP contribution < -0.4 is 10.5 Å². The predicted octanol–water partition coefficient (Wildman–Crippen LogP) is 3.06. The Morgan fingerprint density at radius 2 is 2.00 bits per heavy atom. The molecular weight excluding hydrogens is 349 g/mol. The van der Waals surface area contributed by atoms with E-state index in [1.165, 1.54) is 18.2 Å². The van der Waals surface area contributed by atoms with Gasteiger partial charge in [0.1, 0.15) is 4.99 Å². The summed E-state index contributed by atoms with van der Waals surface area (Å²) in [4.78, 5) is 0.0455. The van der Waals surface area contributed by atoms with Crippen LogP contribution in [0.25, 0.3) is 0 Å². The summed E-state index contributed by atoms with van der Waals surface area (Å²) in [6, 6.07) is 4.22. The molecule has 0 spiro atoms. The maximum atomic E-state index is 12.0. The quantitative estimate of drug-likeness (QED) is 0.765. The normalized spacial score (nSPS) is 12.2. The minimum Gasteiger partial charge on any atom is -0.389 e. The Bertz CT molecular complexity index is 633. The zero-order valence-electron chi connectivity index (χ0n) is 10.6. The van der Waals surface area contributed by atoms with Crippen LogP contribution in [0.2, 0.25) is 5.02 Å². The molecule has 0 saturated carbocycles. The van der Waals surface area contributed by atoms with Gasteiger partial charge >= 0.3 is 6.18 Å². The summed E-state index contributed by atoms with van der Waals surface area (Å²) in [7, 11) is -3.94. The third kappa shape index (κ3) is 6.49. The fourth-order valence-electron chi connectivity index (χ4n) is 1.44. The van der Waals surface area contributed by atoms with Crippen molar-refractivity contribution in [3.8, 4) is 0 Å². The van der Waals surface area contributed by atoms with Gasteiger partial charge in [0.2, 0.25) is 10.0 Å². The molecule has 1 aromatic carbocycles. The SMILES string of the molecule is NC(=S)c1ccc(Cl)c(NS(=O)(=O)CCCC(F)(F)F)c1. The second-order valence-electron chi connectivity index (χ2n) is 4.20. The van der Waals surface area contributed by atoms with E-state index in [1.807, 2.05) is 0 Å². The summed E-state index contributed by atoms with van der Waals surface area (Å²) < 4.78 is 61.6. The first-order valence-corrected chi connectivity index (χ1v) is 8.10. The molecule has 10 heteroatoms. The van der Waals surface area contributed by atoms with Crippen LogP contribution in [0, 0.1) is 0 Å². The Kier molecular flexibility index (Phi) is 5.83. The molecule has 0 aromatic heterocycles. The van der Waals surface area contributed by atoms with Crippen LogP contribution in [0.15, 0.2) is 18.2 Å². The van der Waals surface area contributed by atoms with Gasteiger partial charge in [0, 0.05) is 12.0 Å². The standard InChI is InChI=1S/C11H12ClF3N2O2S2/c12-8-3-2-7(10(16)20)6-9(8)17-21(18,19)5-1-4-11(13,14)15/h2-3,6,17H,1,4-5H2,(H2,16,20). The molecule has 0 bridgehead atoms. The second-order valence-corrected chi connectivity index (χ2v) is 6.89. The smallest absolute Gasteiger partial charge is 0.389 e. The summed E-state index contributed by atoms with van der Waals surface area (Å²) in [5.41, 5.74) is 5.82. The number of anilines is 1. The van der Waals surface area contributed by atoms with Crippen molar-refractivity contribution in [2.45, 2.75) is 19.0 Å². The van der Waals surface area contributed by atoms with Crippen molar-refractivity contribution in [2.75, 3.05) is 10.5 Å². The number of halogens is 4. The molecule has 118 valence electrons. The fourth-order valence-corrected chi connectivity index (χ4v) is 2.92. The first kappa shape index (κ1) is 18.0. The van der Waals surface area contributed by atoms with Gasteiger partial charge in [0.15, 0.2) is 0 Å². The molecule has 3 N–H and O–H groups in total. The van der Waals surface area contributed by atoms with Crippen molar-refractivity contribution in [1.29, 1.82) is 0 Å². The molecule has 4 nitrogen and oxygen atoms in total. The molecule has 0 heterocycles. The highest BCUT2D eigenvalue weighted by molar-refractivity contribution is 7.92. The van der Waals surface area contributed by atoms with Crippen molar-refractivity contribution in [3.05, 3.63) is 28.8 Å². The Balaban J connectivity index is 2.79. The van der Waals surface area contributed by atoms with E-state index in [0.717, 1.165) is 0 Å². The molecule has 0 fully saturated rings. The Labute approximate surface area is 130 Å². The van der Waals surface area contributed by atoms with Gasteiger partial charge in [0.25, 0.3) is 0 Å². The first-order valence-electron chi connectivity index (χ1n) is 5.67. The molecule has 0 atom stereocenters. The van der Waals surface area contributed by atoms with E-state index >= 15 is 0 Å². The van der Waals surface area contributed by atoms with Crippen LogP contribution in [0.5, 0.6) is 0 Å². The van der Waals surface area contributed by atoms with Crippen LogP contribution in [0.3, 0.4) is 0 Å². The topological polar surface area (TPSA) is 72.2 Å². The van der Waals surface area contributed by atoms with Crippen molar-refractivity contribution in [1.82, 2.24) is 0 Å². The van der Waals surface area contributed by atoms with E-state index in [0.29, 0.717) is 5.56 Å². The van der Waals surface area contributed by atoms with Gasteiger partial charge in [-0.3, -0.25) is 4.72 Å². The van der Waals surface area contributed by atoms with Crippen LogP contribution in [-0.2, 0) is 10.0 Å². The number of nitrogens with two attached hydrogens (primary N) is 1. The molecule has 1 rings (SSSR count). The molecule has 1 aromatic rings. The van der Waals surface area contributed by atoms with Crippen molar-refractivity contribution < 1.29 is 21.6 Å². The summed E-state index contributed by atoms with van der Waals surface area (Å²) in [5, 5.41) is 0.0920. The number of alkyl halides is 3. The lowest BCUT2D eigenvalue weighted by Crippen LogP contribution is -2.19. The van der Waals surface area contributed by atoms with Crippen LogP contribution in [-0.4, -0.2) is 25.3 Å². The Morgan fingerprint density at radius 1 is 1.38 bits per heavy atom. The molecule has 0 aliphatic carbocycles. The Morgan fingerprint density at radius 3 is 2.52 bits per heavy atom. The number of benzene rings is 1. The molecule has 0 radical (unpaired) electrons. The van der Waals surface area contributed by atoms with Gasteiger partial charge in [-0.05, 0) is 18.6 Å². The van der Waals surface area contributed by atoms with Gasteiger partial charge in [0.05, 0.1) is 16.5 Å². The number of hydrogen-bond donors (Lipinski definition) is 2. The summed E-state index contributed by atoms with van der Waals surface area (Å²) in [5.74, 6) is -0.667. The predicted molar refractivity (Wildman–Crippen MR) is 80.0 cm³/mol. The maximum Gasteiger partial charge on any atom is 0.389 e. The monoisotopic (exact) mass is 360 g/mol. The fraction of sp³-hybridized carbons (Fsp3) is 0.364. The minimum atomic E-state index is -4.39. The highest BCUT2D eigenvalue weighted by Gasteiger charge is 2.27. The zero-order valence-corrected chi connectivity index (χ0v) is 13.0. The lowest BCUT2D eigenvalue weighted by molar-refractivity contribution is -0.134. The highest BCUT2D eigenvalue weighted by atomic mass is 35.5. The maximum absolute atomic E-state index is 12.0. The van der Waals surface area contributed by atoms with Crippen LogP contribution >= 0.6 is 23.8 Å². The largest absolute Gasteiger partial charge is 0.389 e. The van der Waals surface area contributed by atoms with E-state index in [2.05, 4.69) is 4.72 Å². The van der Waals surface area contributed by atoms with Gasteiger partial charge in [-0.1, -0.05) is 29.9 Å². The van der Waals surface area contributed by atoms with Gasteiger partial charge in [-0.25, -0.2) is 8.42 Å². The lowest BCUT2D eigenvalue weighted by atomic mass is 10.2. The van der Waals surface area contributed by atoms with Gasteiger partial charge < -0.3 is 5.73 Å². The number of thiocarbonyl (C=S) groups is 1. The summed E-state index contributed by atoms with van der Waals surface area (Å²) >= 11 is 10.6. The average molecular weight is 361 g/mol. The number of nitrogens with one attached hydrogen (secondary N) is 1. The zero-order chi connectivity index (χ0) is 16.3. The third-order valence-electron chi connectivity index (χ3n) is 2.39. The second kappa shape index (κ2) is 6.80. The number of sulfonamides is 1. The van der Waals surface area contributed by atoms with Gasteiger partial charge in [-0.2, -0.15) is 13.2 Å². The molecular formula is C11H12ClF3N2O2S2. The average Bonchev–Trinajstić information content (AvgIpc) is 2.29. The highest BCUT2D eigenvalue weighted by Crippen LogP contribution is 2.25. The van der Waals surface area contributed by atoms with E-state index < -0.39 is 34.8 Å². The lowest BCUT2D eigenvalue weighted by Gasteiger charge is -2.11. The third-order valence-corrected chi connectivity index (χ3v) is 4.31.